The van der Waals surface area contributed by atoms with Crippen molar-refractivity contribution in [2.24, 2.45) is 4.99 Å². The molecule has 0 heterocycles. The van der Waals surface area contributed by atoms with Crippen LogP contribution in [0.1, 0.15) is 23.6 Å². The largest absolute Gasteiger partial charge is 0.366 e. The smallest absolute Gasteiger partial charge is 0.0909 e. The summed E-state index contributed by atoms with van der Waals surface area (Å²) in [6.07, 6.45) is 2.70. The molecule has 0 spiro atoms. The molecule has 0 aliphatic heterocycles. The predicted molar refractivity (Wildman–Crippen MR) is 99.6 cm³/mol. The Morgan fingerprint density at radius 1 is 1.23 bits per heavy atom. The van der Waals surface area contributed by atoms with Gasteiger partial charge in [-0.2, -0.15) is 0 Å². The fourth-order valence-corrected chi connectivity index (χ4v) is 2.60. The molecule has 22 heavy (non-hydrogen) atoms. The van der Waals surface area contributed by atoms with Crippen molar-refractivity contribution in [1.29, 1.82) is 0 Å². The van der Waals surface area contributed by atoms with Gasteiger partial charge in [-0.3, -0.25) is 0 Å². The van der Waals surface area contributed by atoms with Gasteiger partial charge in [0.25, 0.3) is 0 Å². The van der Waals surface area contributed by atoms with E-state index >= 15 is 0 Å². The monoisotopic (exact) mass is 378 g/mol. The average Bonchev–Trinajstić information content (AvgIpc) is 2.50. The maximum atomic E-state index is 6.27. The Bertz CT molecular complexity index is 666. The highest BCUT2D eigenvalue weighted by Gasteiger charge is 2.07. The average molecular weight is 380 g/mol. The Labute approximate surface area is 146 Å². The van der Waals surface area contributed by atoms with Gasteiger partial charge in [-0.05, 0) is 61.2 Å². The van der Waals surface area contributed by atoms with Gasteiger partial charge >= 0.3 is 0 Å². The lowest BCUT2D eigenvalue weighted by Crippen LogP contribution is -2.14. The van der Waals surface area contributed by atoms with Crippen LogP contribution in [0.25, 0.3) is 0 Å². The van der Waals surface area contributed by atoms with Gasteiger partial charge in [0, 0.05) is 23.1 Å². The molecule has 0 aliphatic rings. The highest BCUT2D eigenvalue weighted by atomic mass is 79.9. The Hall–Kier alpha value is -1.32. The molecular weight excluding hydrogens is 360 g/mol. The van der Waals surface area contributed by atoms with Crippen LogP contribution in [0.5, 0.6) is 0 Å². The number of rotatable bonds is 5. The first-order chi connectivity index (χ1) is 10.5. The molecule has 116 valence electrons. The summed E-state index contributed by atoms with van der Waals surface area (Å²) in [5, 5.41) is 0.726. The van der Waals surface area contributed by atoms with E-state index in [4.69, 9.17) is 11.6 Å². The number of hydrogen-bond donors (Lipinski definition) is 0. The van der Waals surface area contributed by atoms with Crippen LogP contribution in [0.3, 0.4) is 0 Å². The Kier molecular flexibility index (Phi) is 6.04. The molecule has 2 rings (SSSR count). The van der Waals surface area contributed by atoms with Crippen molar-refractivity contribution in [3.05, 3.63) is 62.6 Å². The van der Waals surface area contributed by atoms with Gasteiger partial charge in [-0.15, -0.1) is 0 Å². The first kappa shape index (κ1) is 17.0. The summed E-state index contributed by atoms with van der Waals surface area (Å²) in [6.45, 7) is 5.12. The van der Waals surface area contributed by atoms with E-state index in [1.165, 1.54) is 16.7 Å². The lowest BCUT2D eigenvalue weighted by atomic mass is 9.99. The van der Waals surface area contributed by atoms with E-state index in [-0.39, 0.29) is 0 Å². The van der Waals surface area contributed by atoms with Crippen molar-refractivity contribution < 1.29 is 0 Å². The van der Waals surface area contributed by atoms with Crippen LogP contribution in [-0.4, -0.2) is 24.8 Å². The van der Waals surface area contributed by atoms with Crippen LogP contribution in [0.15, 0.2) is 45.9 Å². The minimum absolute atomic E-state index is 0.726. The molecule has 0 amide bonds. The van der Waals surface area contributed by atoms with Crippen molar-refractivity contribution >= 4 is 39.6 Å². The molecule has 0 saturated heterocycles. The van der Waals surface area contributed by atoms with Crippen LogP contribution >= 0.6 is 27.5 Å². The maximum Gasteiger partial charge on any atom is 0.0909 e. The second kappa shape index (κ2) is 7.80. The predicted octanol–water partition coefficient (Wildman–Crippen LogP) is 5.61. The highest BCUT2D eigenvalue weighted by molar-refractivity contribution is 9.10. The standard InChI is InChI=1S/C18H20BrClN2/c1-4-22(3)12-21-18-11-17(20)10-15(13(18)2)9-14-5-7-16(19)8-6-14/h5-8,10-12H,4,9H2,1-3H3. The summed E-state index contributed by atoms with van der Waals surface area (Å²) in [5.41, 5.74) is 4.57. The van der Waals surface area contributed by atoms with E-state index in [1.54, 1.807) is 0 Å². The van der Waals surface area contributed by atoms with Crippen molar-refractivity contribution in [2.75, 3.05) is 13.6 Å². The number of nitrogens with zero attached hydrogens (tertiary/aromatic N) is 2. The van der Waals surface area contributed by atoms with Crippen LogP contribution in [0.4, 0.5) is 5.69 Å². The molecule has 0 unspecified atom stereocenters. The normalized spacial score (nSPS) is 11.1. The van der Waals surface area contributed by atoms with Crippen molar-refractivity contribution in [2.45, 2.75) is 20.3 Å². The fraction of sp³-hybridized carbons (Fsp3) is 0.278. The maximum absolute atomic E-state index is 6.27. The zero-order chi connectivity index (χ0) is 16.1. The summed E-state index contributed by atoms with van der Waals surface area (Å²) < 4.78 is 1.09. The van der Waals surface area contributed by atoms with Crippen LogP contribution < -0.4 is 0 Å². The lowest BCUT2D eigenvalue weighted by molar-refractivity contribution is 0.552. The van der Waals surface area contributed by atoms with Gasteiger partial charge < -0.3 is 4.90 Å². The number of aliphatic imine (C=N–C) groups is 1. The Morgan fingerprint density at radius 3 is 2.55 bits per heavy atom. The third-order valence-electron chi connectivity index (χ3n) is 3.65. The minimum Gasteiger partial charge on any atom is -0.366 e. The van der Waals surface area contributed by atoms with Gasteiger partial charge in [0.15, 0.2) is 0 Å². The van der Waals surface area contributed by atoms with Crippen molar-refractivity contribution in [3.63, 3.8) is 0 Å². The van der Waals surface area contributed by atoms with Crippen LogP contribution in [0, 0.1) is 6.92 Å². The Morgan fingerprint density at radius 2 is 1.91 bits per heavy atom. The molecule has 0 aromatic heterocycles. The van der Waals surface area contributed by atoms with Gasteiger partial charge in [0.1, 0.15) is 0 Å². The number of benzene rings is 2. The molecule has 2 aromatic rings. The quantitative estimate of drug-likeness (QED) is 0.487. The molecule has 0 N–H and O–H groups in total. The van der Waals surface area contributed by atoms with E-state index in [0.29, 0.717) is 0 Å². The molecule has 0 fully saturated rings. The number of halogens is 2. The first-order valence-corrected chi connectivity index (χ1v) is 8.44. The topological polar surface area (TPSA) is 15.6 Å². The molecule has 4 heteroatoms. The van der Waals surface area contributed by atoms with Gasteiger partial charge in [-0.1, -0.05) is 39.7 Å². The zero-order valence-electron chi connectivity index (χ0n) is 13.1. The number of hydrogen-bond acceptors (Lipinski definition) is 1. The summed E-state index contributed by atoms with van der Waals surface area (Å²) in [5.74, 6) is 0. The van der Waals surface area contributed by atoms with Crippen molar-refractivity contribution in [1.82, 2.24) is 4.90 Å². The molecule has 0 atom stereocenters. The molecule has 0 bridgehead atoms. The summed E-state index contributed by atoms with van der Waals surface area (Å²) in [7, 11) is 2.01. The Balaban J connectivity index is 2.30. The van der Waals surface area contributed by atoms with Gasteiger partial charge in [0.05, 0.1) is 12.0 Å². The minimum atomic E-state index is 0.726. The zero-order valence-corrected chi connectivity index (χ0v) is 15.4. The molecule has 2 nitrogen and oxygen atoms in total. The van der Waals surface area contributed by atoms with E-state index in [9.17, 15) is 0 Å². The van der Waals surface area contributed by atoms with Crippen LogP contribution in [0.2, 0.25) is 5.02 Å². The summed E-state index contributed by atoms with van der Waals surface area (Å²) in [6, 6.07) is 12.3. The fourth-order valence-electron chi connectivity index (χ4n) is 2.10. The van der Waals surface area contributed by atoms with Crippen LogP contribution in [-0.2, 0) is 6.42 Å². The van der Waals surface area contributed by atoms with E-state index in [1.807, 2.05) is 30.4 Å². The second-order valence-electron chi connectivity index (χ2n) is 5.33. The summed E-state index contributed by atoms with van der Waals surface area (Å²) in [4.78, 5) is 6.60. The van der Waals surface area contributed by atoms with E-state index in [0.717, 1.165) is 28.1 Å². The first-order valence-electron chi connectivity index (χ1n) is 7.27. The third kappa shape index (κ3) is 4.59. The van der Waals surface area contributed by atoms with Gasteiger partial charge in [-0.25, -0.2) is 4.99 Å². The van der Waals surface area contributed by atoms with E-state index < -0.39 is 0 Å². The SMILES string of the molecule is CCN(C)C=Nc1cc(Cl)cc(Cc2ccc(Br)cc2)c1C. The molecule has 2 aromatic carbocycles. The summed E-state index contributed by atoms with van der Waals surface area (Å²) >= 11 is 9.73. The van der Waals surface area contributed by atoms with Gasteiger partial charge in [0.2, 0.25) is 0 Å². The van der Waals surface area contributed by atoms with Crippen molar-refractivity contribution in [3.8, 4) is 0 Å². The molecular formula is C18H20BrClN2. The third-order valence-corrected chi connectivity index (χ3v) is 4.40. The highest BCUT2D eigenvalue weighted by Crippen LogP contribution is 2.29. The lowest BCUT2D eigenvalue weighted by Gasteiger charge is -2.12. The molecule has 0 radical (unpaired) electrons. The second-order valence-corrected chi connectivity index (χ2v) is 6.68. The van der Waals surface area contributed by atoms with E-state index in [2.05, 4.69) is 59.0 Å². The molecule has 0 saturated carbocycles. The molecule has 0 aliphatic carbocycles.